The average Bonchev–Trinajstić information content (AvgIpc) is 3.00. The van der Waals surface area contributed by atoms with Crippen LogP contribution in [0.3, 0.4) is 0 Å². The second kappa shape index (κ2) is 7.23. The standard InChI is InChI=1S/C16H18N6O4/c1-21-13-12(14(24)19-16(21)25)22(7-8-23)15(18-13)20-17-9-10-3-5-11(26-2)6-4-10/h3-6,9,23H,7-8H2,1-2H3,(H,18,20)(H,19,24,25). The van der Waals surface area contributed by atoms with Crippen molar-refractivity contribution in [3.63, 3.8) is 0 Å². The monoisotopic (exact) mass is 358 g/mol. The first kappa shape index (κ1) is 17.4. The Kier molecular flexibility index (Phi) is 4.85. The number of methoxy groups -OCH3 is 1. The Bertz CT molecular complexity index is 1060. The molecule has 3 N–H and O–H groups in total. The Hall–Kier alpha value is -3.40. The van der Waals surface area contributed by atoms with Crippen LogP contribution in [0.4, 0.5) is 5.95 Å². The van der Waals surface area contributed by atoms with E-state index in [4.69, 9.17) is 4.74 Å². The molecule has 3 rings (SSSR count). The van der Waals surface area contributed by atoms with Gasteiger partial charge in [-0.25, -0.2) is 10.2 Å². The van der Waals surface area contributed by atoms with Gasteiger partial charge < -0.3 is 14.4 Å². The smallest absolute Gasteiger partial charge is 0.329 e. The van der Waals surface area contributed by atoms with Crippen LogP contribution in [0.2, 0.25) is 0 Å². The fraction of sp³-hybridized carbons (Fsp3) is 0.250. The van der Waals surface area contributed by atoms with Gasteiger partial charge in [-0.3, -0.25) is 14.3 Å². The van der Waals surface area contributed by atoms with E-state index in [1.54, 1.807) is 25.5 Å². The quantitative estimate of drug-likeness (QED) is 0.416. The maximum absolute atomic E-state index is 12.1. The Labute approximate surface area is 147 Å². The van der Waals surface area contributed by atoms with Crippen molar-refractivity contribution in [3.8, 4) is 5.75 Å². The van der Waals surface area contributed by atoms with Crippen molar-refractivity contribution in [2.45, 2.75) is 6.54 Å². The topological polar surface area (TPSA) is 127 Å². The molecule has 3 aromatic rings. The van der Waals surface area contributed by atoms with Crippen LogP contribution in [0.5, 0.6) is 5.75 Å². The lowest BCUT2D eigenvalue weighted by Crippen LogP contribution is -2.29. The molecule has 2 heterocycles. The molecule has 0 unspecified atom stereocenters. The Balaban J connectivity index is 1.96. The SMILES string of the molecule is COc1ccc(C=NNc2nc3c(c(=O)[nH]c(=O)n3C)n2CCO)cc1. The number of hydrogen-bond donors (Lipinski definition) is 3. The second-order valence-electron chi connectivity index (χ2n) is 5.44. The number of benzene rings is 1. The predicted molar refractivity (Wildman–Crippen MR) is 96.9 cm³/mol. The van der Waals surface area contributed by atoms with Crippen LogP contribution in [-0.4, -0.2) is 44.1 Å². The van der Waals surface area contributed by atoms with Crippen molar-refractivity contribution in [2.75, 3.05) is 19.1 Å². The summed E-state index contributed by atoms with van der Waals surface area (Å²) in [5.41, 5.74) is 2.82. The minimum Gasteiger partial charge on any atom is -0.497 e. The van der Waals surface area contributed by atoms with Crippen molar-refractivity contribution in [2.24, 2.45) is 12.1 Å². The van der Waals surface area contributed by atoms with Gasteiger partial charge in [-0.2, -0.15) is 10.1 Å². The van der Waals surface area contributed by atoms with E-state index in [2.05, 4.69) is 20.5 Å². The fourth-order valence-electron chi connectivity index (χ4n) is 2.49. The molecule has 0 aliphatic rings. The number of fused-ring (bicyclic) bond motifs is 1. The third-order valence-corrected chi connectivity index (χ3v) is 3.82. The van der Waals surface area contributed by atoms with Crippen LogP contribution in [-0.2, 0) is 13.6 Å². The lowest BCUT2D eigenvalue weighted by atomic mass is 10.2. The van der Waals surface area contributed by atoms with Gasteiger partial charge in [0.15, 0.2) is 11.2 Å². The number of aliphatic hydroxyl groups is 1. The third-order valence-electron chi connectivity index (χ3n) is 3.82. The van der Waals surface area contributed by atoms with E-state index < -0.39 is 11.2 Å². The molecule has 0 aliphatic heterocycles. The zero-order chi connectivity index (χ0) is 18.7. The summed E-state index contributed by atoms with van der Waals surface area (Å²) in [7, 11) is 3.09. The highest BCUT2D eigenvalue weighted by Crippen LogP contribution is 2.15. The minimum absolute atomic E-state index is 0.123. The van der Waals surface area contributed by atoms with E-state index in [0.717, 1.165) is 11.3 Å². The fourth-order valence-corrected chi connectivity index (χ4v) is 2.49. The minimum atomic E-state index is -0.573. The molecule has 1 aromatic carbocycles. The second-order valence-corrected chi connectivity index (χ2v) is 5.44. The molecule has 0 amide bonds. The van der Waals surface area contributed by atoms with Gasteiger partial charge in [0.2, 0.25) is 5.95 Å². The molecular formula is C16H18N6O4. The number of imidazole rings is 1. The summed E-state index contributed by atoms with van der Waals surface area (Å²) in [6.45, 7) is -0.0806. The molecule has 10 nitrogen and oxygen atoms in total. The van der Waals surface area contributed by atoms with Crippen molar-refractivity contribution < 1.29 is 9.84 Å². The molecule has 0 fully saturated rings. The van der Waals surface area contributed by atoms with Crippen molar-refractivity contribution >= 4 is 23.3 Å². The van der Waals surface area contributed by atoms with Gasteiger partial charge >= 0.3 is 5.69 Å². The van der Waals surface area contributed by atoms with Gasteiger partial charge in [0.05, 0.1) is 19.9 Å². The number of hydrazone groups is 1. The van der Waals surface area contributed by atoms with Gasteiger partial charge in [-0.1, -0.05) is 0 Å². The lowest BCUT2D eigenvalue weighted by molar-refractivity contribution is 0.278. The summed E-state index contributed by atoms with van der Waals surface area (Å²) in [5, 5.41) is 13.4. The third kappa shape index (κ3) is 3.22. The number of aryl methyl sites for hydroxylation is 1. The van der Waals surface area contributed by atoms with Crippen LogP contribution in [0.25, 0.3) is 11.2 Å². The molecule has 10 heteroatoms. The van der Waals surface area contributed by atoms with Crippen molar-refractivity contribution in [3.05, 3.63) is 50.7 Å². The number of ether oxygens (including phenoxy) is 1. The Morgan fingerprint density at radius 2 is 2.08 bits per heavy atom. The molecule has 0 atom stereocenters. The highest BCUT2D eigenvalue weighted by atomic mass is 16.5. The first-order chi connectivity index (χ1) is 12.5. The number of rotatable bonds is 6. The number of aromatic amines is 1. The van der Waals surface area contributed by atoms with E-state index in [-0.39, 0.29) is 30.3 Å². The maximum atomic E-state index is 12.1. The van der Waals surface area contributed by atoms with E-state index in [0.29, 0.717) is 0 Å². The van der Waals surface area contributed by atoms with Crippen LogP contribution in [0, 0.1) is 0 Å². The number of anilines is 1. The van der Waals surface area contributed by atoms with E-state index >= 15 is 0 Å². The maximum Gasteiger partial charge on any atom is 0.329 e. The zero-order valence-electron chi connectivity index (χ0n) is 14.3. The molecule has 0 spiro atoms. The number of aromatic nitrogens is 4. The number of nitrogens with one attached hydrogen (secondary N) is 2. The van der Waals surface area contributed by atoms with Gasteiger partial charge in [0, 0.05) is 13.6 Å². The molecule has 26 heavy (non-hydrogen) atoms. The van der Waals surface area contributed by atoms with E-state index in [9.17, 15) is 14.7 Å². The summed E-state index contributed by atoms with van der Waals surface area (Å²) in [4.78, 5) is 30.3. The molecular weight excluding hydrogens is 340 g/mol. The van der Waals surface area contributed by atoms with Gasteiger partial charge in [0.1, 0.15) is 5.75 Å². The predicted octanol–water partition coefficient (Wildman–Crippen LogP) is -0.130. The first-order valence-corrected chi connectivity index (χ1v) is 7.78. The summed E-state index contributed by atoms with van der Waals surface area (Å²) >= 11 is 0. The normalized spacial score (nSPS) is 11.3. The van der Waals surface area contributed by atoms with Crippen LogP contribution in [0.15, 0.2) is 39.0 Å². The number of nitrogens with zero attached hydrogens (tertiary/aromatic N) is 4. The van der Waals surface area contributed by atoms with E-state index in [1.165, 1.54) is 16.2 Å². The lowest BCUT2D eigenvalue weighted by Gasteiger charge is -2.05. The van der Waals surface area contributed by atoms with Gasteiger partial charge in [-0.05, 0) is 29.8 Å². The molecule has 0 saturated heterocycles. The average molecular weight is 358 g/mol. The summed E-state index contributed by atoms with van der Waals surface area (Å²) < 4.78 is 7.79. The van der Waals surface area contributed by atoms with Gasteiger partial charge in [-0.15, -0.1) is 0 Å². The highest BCUT2D eigenvalue weighted by Gasteiger charge is 2.16. The molecule has 136 valence electrons. The molecule has 0 saturated carbocycles. The van der Waals surface area contributed by atoms with Crippen LogP contribution in [0.1, 0.15) is 5.56 Å². The molecule has 2 aromatic heterocycles. The van der Waals surface area contributed by atoms with Crippen LogP contribution < -0.4 is 21.4 Å². The molecule has 0 aliphatic carbocycles. The Morgan fingerprint density at radius 1 is 1.35 bits per heavy atom. The van der Waals surface area contributed by atoms with E-state index in [1.807, 2.05) is 12.1 Å². The first-order valence-electron chi connectivity index (χ1n) is 7.78. The van der Waals surface area contributed by atoms with Gasteiger partial charge in [0.25, 0.3) is 5.56 Å². The zero-order valence-corrected chi connectivity index (χ0v) is 14.3. The summed E-state index contributed by atoms with van der Waals surface area (Å²) in [6.07, 6.45) is 1.57. The summed E-state index contributed by atoms with van der Waals surface area (Å²) in [6, 6.07) is 7.26. The molecule has 0 bridgehead atoms. The number of hydrogen-bond acceptors (Lipinski definition) is 7. The summed E-state index contributed by atoms with van der Waals surface area (Å²) in [5.74, 6) is 0.977. The molecule has 0 radical (unpaired) electrons. The number of H-pyrrole nitrogens is 1. The van der Waals surface area contributed by atoms with Crippen molar-refractivity contribution in [1.29, 1.82) is 0 Å². The van der Waals surface area contributed by atoms with Crippen LogP contribution >= 0.6 is 0 Å². The van der Waals surface area contributed by atoms with Crippen molar-refractivity contribution in [1.82, 2.24) is 19.1 Å². The largest absolute Gasteiger partial charge is 0.497 e. The highest BCUT2D eigenvalue weighted by molar-refractivity contribution is 5.80. The number of aliphatic hydroxyl groups excluding tert-OH is 1. The Morgan fingerprint density at radius 3 is 2.73 bits per heavy atom.